The van der Waals surface area contributed by atoms with Gasteiger partial charge in [-0.05, 0) is 32.2 Å². The highest BCUT2D eigenvalue weighted by Crippen LogP contribution is 2.22. The van der Waals surface area contributed by atoms with Crippen LogP contribution in [-0.2, 0) is 4.79 Å². The molecule has 3 rings (SSSR count). The van der Waals surface area contributed by atoms with Crippen LogP contribution in [0.1, 0.15) is 18.5 Å². The molecule has 6 heteroatoms. The number of carbonyl (C=O) groups is 1. The molecule has 1 fully saturated rings. The second-order valence-electron chi connectivity index (χ2n) is 6.93. The van der Waals surface area contributed by atoms with Gasteiger partial charge in [0.05, 0.1) is 12.2 Å². The lowest BCUT2D eigenvalue weighted by molar-refractivity contribution is -0.132. The summed E-state index contributed by atoms with van der Waals surface area (Å²) in [6.07, 6.45) is 0. The molecule has 1 aliphatic heterocycles. The van der Waals surface area contributed by atoms with Crippen molar-refractivity contribution in [2.45, 2.75) is 13.0 Å². The second kappa shape index (κ2) is 8.48. The Bertz CT molecular complexity index is 791. The van der Waals surface area contributed by atoms with Crippen LogP contribution in [0, 0.1) is 11.6 Å². The lowest BCUT2D eigenvalue weighted by Gasteiger charge is -2.37. The minimum Gasteiger partial charge on any atom is -0.366 e. The molecule has 27 heavy (non-hydrogen) atoms. The number of amides is 1. The number of anilines is 1. The van der Waals surface area contributed by atoms with E-state index in [2.05, 4.69) is 0 Å². The van der Waals surface area contributed by atoms with E-state index >= 15 is 0 Å². The summed E-state index contributed by atoms with van der Waals surface area (Å²) in [5.41, 5.74) is 1.16. The summed E-state index contributed by atoms with van der Waals surface area (Å²) in [6.45, 7) is 4.40. The van der Waals surface area contributed by atoms with E-state index in [1.165, 1.54) is 12.1 Å². The van der Waals surface area contributed by atoms with Gasteiger partial charge < -0.3 is 9.80 Å². The van der Waals surface area contributed by atoms with Crippen molar-refractivity contribution in [2.75, 3.05) is 44.7 Å². The Morgan fingerprint density at radius 2 is 1.59 bits per heavy atom. The van der Waals surface area contributed by atoms with Crippen molar-refractivity contribution in [3.05, 3.63) is 65.7 Å². The molecule has 1 saturated heterocycles. The summed E-state index contributed by atoms with van der Waals surface area (Å²) in [7, 11) is 1.82. The number of nitrogens with zero attached hydrogens (tertiary/aromatic N) is 3. The molecule has 144 valence electrons. The highest BCUT2D eigenvalue weighted by molar-refractivity contribution is 5.78. The molecule has 0 bridgehead atoms. The predicted molar refractivity (Wildman–Crippen MR) is 103 cm³/mol. The first-order valence-electron chi connectivity index (χ1n) is 9.19. The highest BCUT2D eigenvalue weighted by atomic mass is 19.1. The van der Waals surface area contributed by atoms with Crippen molar-refractivity contribution in [3.63, 3.8) is 0 Å². The topological polar surface area (TPSA) is 26.8 Å². The van der Waals surface area contributed by atoms with Crippen LogP contribution in [0.2, 0.25) is 0 Å². The molecule has 4 nitrogen and oxygen atoms in total. The molecule has 0 radical (unpaired) electrons. The van der Waals surface area contributed by atoms with E-state index in [-0.39, 0.29) is 30.1 Å². The predicted octanol–water partition coefficient (Wildman–Crippen LogP) is 3.31. The van der Waals surface area contributed by atoms with E-state index in [1.807, 2.05) is 29.8 Å². The molecule has 1 unspecified atom stereocenters. The maximum absolute atomic E-state index is 14.0. The number of rotatable bonds is 5. The van der Waals surface area contributed by atoms with Crippen LogP contribution in [-0.4, -0.2) is 55.5 Å². The monoisotopic (exact) mass is 373 g/mol. The van der Waals surface area contributed by atoms with Crippen LogP contribution in [0.3, 0.4) is 0 Å². The molecule has 0 aromatic heterocycles. The Kier molecular flexibility index (Phi) is 6.06. The molecule has 0 N–H and O–H groups in total. The summed E-state index contributed by atoms with van der Waals surface area (Å²) in [5, 5.41) is 0. The van der Waals surface area contributed by atoms with Gasteiger partial charge in [0.1, 0.15) is 11.6 Å². The van der Waals surface area contributed by atoms with Gasteiger partial charge in [-0.15, -0.1) is 0 Å². The average molecular weight is 373 g/mol. The van der Waals surface area contributed by atoms with E-state index in [9.17, 15) is 13.6 Å². The molecule has 1 heterocycles. The third kappa shape index (κ3) is 4.45. The molecule has 0 spiro atoms. The van der Waals surface area contributed by atoms with E-state index in [0.717, 1.165) is 0 Å². The van der Waals surface area contributed by atoms with Gasteiger partial charge in [-0.25, -0.2) is 8.78 Å². The molecule has 1 amide bonds. The van der Waals surface area contributed by atoms with E-state index in [0.29, 0.717) is 37.4 Å². The quantitative estimate of drug-likeness (QED) is 0.805. The van der Waals surface area contributed by atoms with Crippen LogP contribution in [0.4, 0.5) is 14.5 Å². The zero-order valence-corrected chi connectivity index (χ0v) is 15.7. The Morgan fingerprint density at radius 3 is 2.22 bits per heavy atom. The maximum atomic E-state index is 14.0. The first-order chi connectivity index (χ1) is 13.0. The first kappa shape index (κ1) is 19.3. The summed E-state index contributed by atoms with van der Waals surface area (Å²) in [4.78, 5) is 18.2. The number of piperazine rings is 1. The van der Waals surface area contributed by atoms with Crippen molar-refractivity contribution in [1.29, 1.82) is 0 Å². The summed E-state index contributed by atoms with van der Waals surface area (Å²) >= 11 is 0. The van der Waals surface area contributed by atoms with E-state index in [4.69, 9.17) is 0 Å². The number of para-hydroxylation sites is 1. The van der Waals surface area contributed by atoms with Crippen molar-refractivity contribution in [2.24, 2.45) is 0 Å². The Morgan fingerprint density at radius 1 is 1.00 bits per heavy atom. The molecule has 2 aromatic carbocycles. The van der Waals surface area contributed by atoms with Crippen molar-refractivity contribution in [1.82, 2.24) is 9.80 Å². The van der Waals surface area contributed by atoms with Crippen LogP contribution < -0.4 is 4.90 Å². The lowest BCUT2D eigenvalue weighted by Crippen LogP contribution is -2.51. The number of carbonyl (C=O) groups excluding carboxylic acids is 1. The summed E-state index contributed by atoms with van der Waals surface area (Å²) < 4.78 is 27.9. The van der Waals surface area contributed by atoms with Crippen molar-refractivity contribution >= 4 is 11.6 Å². The average Bonchev–Trinajstić information content (AvgIpc) is 2.68. The van der Waals surface area contributed by atoms with Crippen LogP contribution >= 0.6 is 0 Å². The van der Waals surface area contributed by atoms with Crippen molar-refractivity contribution in [3.8, 4) is 0 Å². The maximum Gasteiger partial charge on any atom is 0.236 e. The van der Waals surface area contributed by atoms with E-state index in [1.54, 1.807) is 35.2 Å². The molecule has 1 atom stereocenters. The minimum absolute atomic E-state index is 0.00822. The van der Waals surface area contributed by atoms with Gasteiger partial charge in [-0.3, -0.25) is 9.69 Å². The zero-order chi connectivity index (χ0) is 19.4. The van der Waals surface area contributed by atoms with E-state index < -0.39 is 0 Å². The molecule has 0 aliphatic carbocycles. The van der Waals surface area contributed by atoms with Gasteiger partial charge in [0, 0.05) is 37.8 Å². The number of hydrogen-bond donors (Lipinski definition) is 0. The third-order valence-corrected chi connectivity index (χ3v) is 5.23. The second-order valence-corrected chi connectivity index (χ2v) is 6.93. The number of likely N-dealkylation sites (N-methyl/N-ethyl adjacent to an activating group) is 1. The number of benzene rings is 2. The first-order valence-corrected chi connectivity index (χ1v) is 9.19. The summed E-state index contributed by atoms with van der Waals surface area (Å²) in [5.74, 6) is -0.493. The van der Waals surface area contributed by atoms with Gasteiger partial charge in [0.2, 0.25) is 5.91 Å². The number of halogens is 2. The molecule has 2 aromatic rings. The normalized spacial score (nSPS) is 15.9. The smallest absolute Gasteiger partial charge is 0.236 e. The van der Waals surface area contributed by atoms with Gasteiger partial charge in [-0.1, -0.05) is 30.3 Å². The highest BCUT2D eigenvalue weighted by Gasteiger charge is 2.25. The lowest BCUT2D eigenvalue weighted by atomic mass is 10.1. The van der Waals surface area contributed by atoms with Crippen LogP contribution in [0.5, 0.6) is 0 Å². The van der Waals surface area contributed by atoms with Gasteiger partial charge >= 0.3 is 0 Å². The Balaban J connectivity index is 1.55. The molecule has 0 saturated carbocycles. The Labute approximate surface area is 159 Å². The van der Waals surface area contributed by atoms with Crippen LogP contribution in [0.15, 0.2) is 48.5 Å². The minimum atomic E-state index is -0.261. The van der Waals surface area contributed by atoms with Crippen molar-refractivity contribution < 1.29 is 13.6 Å². The van der Waals surface area contributed by atoms with Gasteiger partial charge in [0.15, 0.2) is 0 Å². The van der Waals surface area contributed by atoms with Crippen LogP contribution in [0.25, 0.3) is 0 Å². The fraction of sp³-hybridized carbons (Fsp3) is 0.381. The molecular formula is C21H25F2N3O. The fourth-order valence-electron chi connectivity index (χ4n) is 3.41. The summed E-state index contributed by atoms with van der Waals surface area (Å²) in [6, 6.07) is 13.1. The van der Waals surface area contributed by atoms with Gasteiger partial charge in [0.25, 0.3) is 0 Å². The molecule has 1 aliphatic rings. The fourth-order valence-corrected chi connectivity index (χ4v) is 3.41. The molecular weight excluding hydrogens is 348 g/mol. The number of hydrogen-bond acceptors (Lipinski definition) is 3. The Hall–Kier alpha value is -2.47. The standard InChI is InChI=1S/C21H25F2N3O/c1-16(17-7-3-4-8-18(17)22)24(2)15-21(27)26-13-11-25(12-14-26)20-10-6-5-9-19(20)23/h3-10,16H,11-15H2,1-2H3. The SMILES string of the molecule is CC(c1ccccc1F)N(C)CC(=O)N1CCN(c2ccccc2F)CC1. The van der Waals surface area contributed by atoms with Gasteiger partial charge in [-0.2, -0.15) is 0 Å². The largest absolute Gasteiger partial charge is 0.366 e. The third-order valence-electron chi connectivity index (χ3n) is 5.23. The zero-order valence-electron chi connectivity index (χ0n) is 15.7.